The van der Waals surface area contributed by atoms with Gasteiger partial charge in [0.2, 0.25) is 0 Å². The van der Waals surface area contributed by atoms with E-state index in [1.54, 1.807) is 0 Å². The van der Waals surface area contributed by atoms with Crippen molar-refractivity contribution in [2.75, 3.05) is 0 Å². The number of rotatable bonds is 0. The molecule has 1 aliphatic heterocycles. The summed E-state index contributed by atoms with van der Waals surface area (Å²) in [5, 5.41) is 14.0. The molecule has 2 aromatic rings. The Hall–Kier alpha value is 2.07. The fourth-order valence-corrected chi connectivity index (χ4v) is 3.30. The fraction of sp³-hybridized carbons (Fsp3) is 0. The van der Waals surface area contributed by atoms with Gasteiger partial charge in [0.15, 0.2) is 0 Å². The van der Waals surface area contributed by atoms with Gasteiger partial charge >= 0.3 is 116 Å². The van der Waals surface area contributed by atoms with E-state index in [0.29, 0.717) is 19.6 Å². The van der Waals surface area contributed by atoms with Crippen molar-refractivity contribution in [1.82, 2.24) is 20.4 Å². The van der Waals surface area contributed by atoms with Crippen molar-refractivity contribution in [2.45, 2.75) is 19.6 Å². The van der Waals surface area contributed by atoms with E-state index in [0.717, 1.165) is 0 Å². The van der Waals surface area contributed by atoms with Crippen LogP contribution in [0.5, 0.6) is 0 Å². The summed E-state index contributed by atoms with van der Waals surface area (Å²) >= 11 is 2.37. The number of aromatic nitrogens is 4. The molecule has 10 heteroatoms. The van der Waals surface area contributed by atoms with Gasteiger partial charge in [-0.25, -0.2) is 0 Å². The van der Waals surface area contributed by atoms with Gasteiger partial charge in [-0.2, -0.15) is 0 Å². The molecule has 0 bridgehead atoms. The van der Waals surface area contributed by atoms with Gasteiger partial charge in [-0.3, -0.25) is 0 Å². The molecule has 0 amide bonds. The van der Waals surface area contributed by atoms with Crippen LogP contribution < -0.4 is 138 Å². The molecule has 0 saturated carbocycles. The standard InChI is InChI=1S/C8H4N4O2S2.2Rb/c13-7-5-3(1-9-11-7)15-6-4(16-5)2-10-12-8(6)14;;/h1-2H,(H2,11,12,13,14);;/q;2*+1/p-2. The van der Waals surface area contributed by atoms with Crippen LogP contribution >= 0.6 is 23.5 Å². The van der Waals surface area contributed by atoms with Crippen LogP contribution in [0.4, 0.5) is 0 Å². The third-order valence-corrected chi connectivity index (χ3v) is 4.42. The molecular formula is C8H2N4O2Rb2S2. The van der Waals surface area contributed by atoms with Gasteiger partial charge in [0, 0.05) is 22.2 Å². The summed E-state index contributed by atoms with van der Waals surface area (Å²) in [4.78, 5) is 25.1. The van der Waals surface area contributed by atoms with Crippen LogP contribution in [0.25, 0.3) is 0 Å². The Morgan fingerprint density at radius 2 is 1.22 bits per heavy atom. The molecule has 0 radical (unpaired) electrons. The van der Waals surface area contributed by atoms with Crippen molar-refractivity contribution in [1.29, 1.82) is 0 Å². The summed E-state index contributed by atoms with van der Waals surface area (Å²) < 4.78 is 0. The molecular weight excluding hydrogens is 419 g/mol. The average Bonchev–Trinajstić information content (AvgIpc) is 2.29. The second-order valence-electron chi connectivity index (χ2n) is 2.89. The third-order valence-electron chi connectivity index (χ3n) is 1.91. The largest absolute Gasteiger partial charge is 1.00 e. The Morgan fingerprint density at radius 1 is 0.833 bits per heavy atom. The molecule has 0 atom stereocenters. The van der Waals surface area contributed by atoms with Gasteiger partial charge < -0.3 is 30.0 Å². The molecule has 0 fully saturated rings. The maximum absolute atomic E-state index is 11.4. The predicted molar refractivity (Wildman–Crippen MR) is 55.9 cm³/mol. The first kappa shape index (κ1) is 18.1. The van der Waals surface area contributed by atoms with Crippen LogP contribution in [0, 0.1) is 0 Å². The molecule has 0 aliphatic carbocycles. The summed E-state index contributed by atoms with van der Waals surface area (Å²) in [6, 6.07) is 0. The number of hydrogen-bond acceptors (Lipinski definition) is 6. The van der Waals surface area contributed by atoms with Crippen LogP contribution in [0.3, 0.4) is 0 Å². The summed E-state index contributed by atoms with van der Waals surface area (Å²) in [6.07, 6.45) is 2.94. The zero-order valence-electron chi connectivity index (χ0n) is 9.58. The summed E-state index contributed by atoms with van der Waals surface area (Å²) in [5.41, 5.74) is -0.769. The van der Waals surface area contributed by atoms with Gasteiger partial charge in [-0.15, -0.1) is 0 Å². The van der Waals surface area contributed by atoms with Crippen molar-refractivity contribution >= 4 is 23.5 Å². The van der Waals surface area contributed by atoms with E-state index in [1.807, 2.05) is 0 Å². The van der Waals surface area contributed by atoms with Crippen molar-refractivity contribution in [3.8, 4) is 0 Å². The van der Waals surface area contributed by atoms with Crippen molar-refractivity contribution < 1.29 is 116 Å². The minimum atomic E-state index is -0.384. The van der Waals surface area contributed by atoms with Crippen LogP contribution in [0.15, 0.2) is 41.6 Å². The van der Waals surface area contributed by atoms with Gasteiger partial charge in [0.05, 0.1) is 9.79 Å². The Bertz CT molecular complexity index is 628. The zero-order valence-corrected chi connectivity index (χ0v) is 21.0. The monoisotopic (exact) mass is 420 g/mol. The molecule has 0 N–H and O–H groups in total. The first-order valence-corrected chi connectivity index (χ1v) is 5.80. The second kappa shape index (κ2) is 7.90. The maximum Gasteiger partial charge on any atom is 1.00 e. The minimum absolute atomic E-state index is 0. The first-order valence-electron chi connectivity index (χ1n) is 4.17. The van der Waals surface area contributed by atoms with E-state index in [-0.39, 0.29) is 127 Å². The molecule has 0 aromatic carbocycles. The quantitative estimate of drug-likeness (QED) is 0.355. The van der Waals surface area contributed by atoms with E-state index in [2.05, 4.69) is 20.4 Å². The van der Waals surface area contributed by atoms with E-state index < -0.39 is 0 Å². The topological polar surface area (TPSA) is 88.1 Å². The SMILES string of the molecule is O=c1[n-]ncc2c1Sc1cn[n-]c(=O)c1S2.[Rb+].[Rb+]. The Balaban J connectivity index is 0.000000810. The van der Waals surface area contributed by atoms with Gasteiger partial charge in [0.1, 0.15) is 11.1 Å². The molecule has 18 heavy (non-hydrogen) atoms. The van der Waals surface area contributed by atoms with Crippen LogP contribution in [-0.4, -0.2) is 10.2 Å². The van der Waals surface area contributed by atoms with Crippen molar-refractivity contribution in [3.63, 3.8) is 0 Å². The number of hydrogen-bond donors (Lipinski definition) is 0. The molecule has 3 rings (SSSR count). The molecule has 3 heterocycles. The number of fused-ring (bicyclic) bond motifs is 2. The fourth-order valence-electron chi connectivity index (χ4n) is 1.24. The molecule has 2 aromatic heterocycles. The third kappa shape index (κ3) is 3.63. The predicted octanol–water partition coefficient (Wildman–Crippen LogP) is -6.26. The Kier molecular flexibility index (Phi) is 7.96. The molecule has 6 nitrogen and oxygen atoms in total. The van der Waals surface area contributed by atoms with Crippen molar-refractivity contribution in [3.05, 3.63) is 33.1 Å². The van der Waals surface area contributed by atoms with E-state index in [1.165, 1.54) is 35.9 Å². The van der Waals surface area contributed by atoms with Gasteiger partial charge in [-0.05, 0) is 0 Å². The van der Waals surface area contributed by atoms with Crippen LogP contribution in [-0.2, 0) is 0 Å². The van der Waals surface area contributed by atoms with E-state index in [9.17, 15) is 9.59 Å². The van der Waals surface area contributed by atoms with Gasteiger partial charge in [0.25, 0.3) is 0 Å². The first-order chi connectivity index (χ1) is 7.75. The summed E-state index contributed by atoms with van der Waals surface area (Å²) in [6.45, 7) is 0. The maximum atomic E-state index is 11.4. The van der Waals surface area contributed by atoms with E-state index >= 15 is 0 Å². The summed E-state index contributed by atoms with van der Waals surface area (Å²) in [7, 11) is 0. The van der Waals surface area contributed by atoms with Gasteiger partial charge in [-0.1, -0.05) is 23.5 Å². The Labute approximate surface area is 207 Å². The second-order valence-corrected chi connectivity index (χ2v) is 4.99. The molecule has 0 spiro atoms. The van der Waals surface area contributed by atoms with Crippen LogP contribution in [0.1, 0.15) is 0 Å². The Morgan fingerprint density at radius 3 is 1.61 bits per heavy atom. The zero-order chi connectivity index (χ0) is 11.1. The smallest absolute Gasteiger partial charge is 0.540 e. The van der Waals surface area contributed by atoms with Crippen molar-refractivity contribution in [2.24, 2.45) is 0 Å². The molecule has 0 saturated heterocycles. The average molecular weight is 421 g/mol. The summed E-state index contributed by atoms with van der Waals surface area (Å²) in [5.74, 6) is 0. The molecule has 80 valence electrons. The van der Waals surface area contributed by atoms with E-state index in [4.69, 9.17) is 0 Å². The molecule has 1 aliphatic rings. The van der Waals surface area contributed by atoms with Crippen LogP contribution in [0.2, 0.25) is 0 Å². The molecule has 0 unspecified atom stereocenters. The minimum Gasteiger partial charge on any atom is -0.540 e. The number of nitrogens with zero attached hydrogens (tertiary/aromatic N) is 4. The normalized spacial score (nSPS) is 11.6.